The van der Waals surface area contributed by atoms with Gasteiger partial charge in [-0.1, -0.05) is 0 Å². The SMILES string of the molecule is COc1ccc(-n2c(=O)[nH][nH]c2=S)cc1F. The maximum atomic E-state index is 13.4. The molecule has 0 spiro atoms. The van der Waals surface area contributed by atoms with E-state index in [1.54, 1.807) is 6.07 Å². The molecule has 2 N–H and O–H groups in total. The third-order valence-electron chi connectivity index (χ3n) is 2.08. The van der Waals surface area contributed by atoms with Gasteiger partial charge in [-0.05, 0) is 24.4 Å². The van der Waals surface area contributed by atoms with Crippen molar-refractivity contribution in [3.8, 4) is 11.4 Å². The van der Waals surface area contributed by atoms with E-state index in [4.69, 9.17) is 17.0 Å². The van der Waals surface area contributed by atoms with E-state index in [2.05, 4.69) is 10.2 Å². The predicted octanol–water partition coefficient (Wildman–Crippen LogP) is 1.37. The molecule has 0 fully saturated rings. The van der Waals surface area contributed by atoms with Gasteiger partial charge in [0.2, 0.25) is 4.77 Å². The number of methoxy groups -OCH3 is 1. The lowest BCUT2D eigenvalue weighted by Gasteiger charge is -2.04. The Kier molecular flexibility index (Phi) is 2.61. The number of aromatic nitrogens is 3. The van der Waals surface area contributed by atoms with Crippen molar-refractivity contribution in [2.24, 2.45) is 0 Å². The van der Waals surface area contributed by atoms with Gasteiger partial charge in [-0.3, -0.25) is 5.10 Å². The van der Waals surface area contributed by atoms with E-state index in [9.17, 15) is 9.18 Å². The molecule has 1 aromatic heterocycles. The number of H-pyrrole nitrogens is 2. The quantitative estimate of drug-likeness (QED) is 0.780. The van der Waals surface area contributed by atoms with Crippen LogP contribution in [0.1, 0.15) is 0 Å². The molecule has 5 nitrogen and oxygen atoms in total. The van der Waals surface area contributed by atoms with E-state index in [0.717, 1.165) is 4.57 Å². The minimum absolute atomic E-state index is 0.113. The monoisotopic (exact) mass is 241 g/mol. The van der Waals surface area contributed by atoms with Crippen molar-refractivity contribution in [1.29, 1.82) is 0 Å². The molecule has 0 unspecified atom stereocenters. The highest BCUT2D eigenvalue weighted by Crippen LogP contribution is 2.19. The summed E-state index contributed by atoms with van der Waals surface area (Å²) in [6.45, 7) is 0. The van der Waals surface area contributed by atoms with Gasteiger partial charge in [-0.2, -0.15) is 0 Å². The van der Waals surface area contributed by atoms with Crippen LogP contribution in [0.25, 0.3) is 5.69 Å². The fraction of sp³-hybridized carbons (Fsp3) is 0.111. The van der Waals surface area contributed by atoms with Gasteiger partial charge in [-0.25, -0.2) is 18.9 Å². The molecule has 0 aliphatic carbocycles. The smallest absolute Gasteiger partial charge is 0.347 e. The number of rotatable bonds is 2. The summed E-state index contributed by atoms with van der Waals surface area (Å²) in [5, 5.41) is 4.78. The second-order valence-electron chi connectivity index (χ2n) is 3.01. The molecule has 2 rings (SSSR count). The van der Waals surface area contributed by atoms with Crippen LogP contribution in [0.5, 0.6) is 5.75 Å². The summed E-state index contributed by atoms with van der Waals surface area (Å²) in [6, 6.07) is 4.15. The lowest BCUT2D eigenvalue weighted by molar-refractivity contribution is 0.386. The molecular weight excluding hydrogens is 233 g/mol. The van der Waals surface area contributed by atoms with Gasteiger partial charge < -0.3 is 4.74 Å². The average Bonchev–Trinajstić information content (AvgIpc) is 2.58. The first-order chi connectivity index (χ1) is 7.63. The van der Waals surface area contributed by atoms with E-state index in [1.807, 2.05) is 0 Å². The second kappa shape index (κ2) is 3.93. The third-order valence-corrected chi connectivity index (χ3v) is 2.36. The first-order valence-electron chi connectivity index (χ1n) is 4.37. The number of hydrogen-bond acceptors (Lipinski definition) is 3. The Morgan fingerprint density at radius 2 is 2.19 bits per heavy atom. The van der Waals surface area contributed by atoms with Crippen LogP contribution >= 0.6 is 12.2 Å². The maximum absolute atomic E-state index is 13.4. The Morgan fingerprint density at radius 3 is 2.69 bits per heavy atom. The van der Waals surface area contributed by atoms with Gasteiger partial charge in [0.15, 0.2) is 11.6 Å². The summed E-state index contributed by atoms with van der Waals surface area (Å²) >= 11 is 4.88. The molecule has 0 radical (unpaired) electrons. The van der Waals surface area contributed by atoms with Crippen LogP contribution in [0.4, 0.5) is 4.39 Å². The van der Waals surface area contributed by atoms with Gasteiger partial charge in [0, 0.05) is 6.07 Å². The molecule has 0 saturated heterocycles. The minimum Gasteiger partial charge on any atom is -0.494 e. The Hall–Kier alpha value is -1.89. The number of benzene rings is 1. The van der Waals surface area contributed by atoms with Gasteiger partial charge in [0.1, 0.15) is 0 Å². The molecule has 1 aromatic carbocycles. The summed E-state index contributed by atoms with van der Waals surface area (Å²) in [5.74, 6) is -0.440. The predicted molar refractivity (Wildman–Crippen MR) is 58.1 cm³/mol. The largest absolute Gasteiger partial charge is 0.494 e. The maximum Gasteiger partial charge on any atom is 0.347 e. The number of halogens is 1. The highest BCUT2D eigenvalue weighted by molar-refractivity contribution is 7.71. The number of hydrogen-bond donors (Lipinski definition) is 2. The van der Waals surface area contributed by atoms with E-state index in [1.165, 1.54) is 19.2 Å². The first-order valence-corrected chi connectivity index (χ1v) is 4.78. The van der Waals surface area contributed by atoms with Crippen LogP contribution in [0, 0.1) is 10.6 Å². The first kappa shape index (κ1) is 10.6. The topological polar surface area (TPSA) is 62.8 Å². The van der Waals surface area contributed by atoms with Crippen molar-refractivity contribution in [1.82, 2.24) is 14.8 Å². The number of ether oxygens (including phenoxy) is 1. The molecule has 0 amide bonds. The van der Waals surface area contributed by atoms with Gasteiger partial charge in [0.25, 0.3) is 0 Å². The van der Waals surface area contributed by atoms with Crippen molar-refractivity contribution in [2.75, 3.05) is 7.11 Å². The summed E-state index contributed by atoms with van der Waals surface area (Å²) in [6.07, 6.45) is 0. The molecular formula is C9H8FN3O2S. The lowest BCUT2D eigenvalue weighted by Crippen LogP contribution is -2.15. The molecule has 0 bridgehead atoms. The highest BCUT2D eigenvalue weighted by atomic mass is 32.1. The fourth-order valence-corrected chi connectivity index (χ4v) is 1.58. The highest BCUT2D eigenvalue weighted by Gasteiger charge is 2.07. The van der Waals surface area contributed by atoms with E-state index in [-0.39, 0.29) is 10.5 Å². The van der Waals surface area contributed by atoms with Crippen LogP contribution in [0.3, 0.4) is 0 Å². The van der Waals surface area contributed by atoms with E-state index < -0.39 is 11.5 Å². The Labute approximate surface area is 94.5 Å². The van der Waals surface area contributed by atoms with Crippen LogP contribution in [-0.4, -0.2) is 21.9 Å². The molecule has 84 valence electrons. The fourth-order valence-electron chi connectivity index (χ4n) is 1.34. The second-order valence-corrected chi connectivity index (χ2v) is 3.40. The number of nitrogens with one attached hydrogen (secondary N) is 2. The Bertz CT molecular complexity index is 601. The molecule has 0 saturated carbocycles. The molecule has 1 heterocycles. The van der Waals surface area contributed by atoms with E-state index in [0.29, 0.717) is 5.69 Å². The third kappa shape index (κ3) is 1.65. The molecule has 0 aliphatic rings. The van der Waals surface area contributed by atoms with Crippen LogP contribution in [-0.2, 0) is 0 Å². The summed E-state index contributed by atoms with van der Waals surface area (Å²) in [4.78, 5) is 11.4. The summed E-state index contributed by atoms with van der Waals surface area (Å²) in [5.41, 5.74) is -0.111. The molecule has 16 heavy (non-hydrogen) atoms. The zero-order valence-corrected chi connectivity index (χ0v) is 9.10. The average molecular weight is 241 g/mol. The Balaban J connectivity index is 2.62. The summed E-state index contributed by atoms with van der Waals surface area (Å²) in [7, 11) is 1.37. The van der Waals surface area contributed by atoms with Crippen molar-refractivity contribution in [3.05, 3.63) is 39.3 Å². The molecule has 7 heteroatoms. The zero-order chi connectivity index (χ0) is 11.7. The van der Waals surface area contributed by atoms with Crippen molar-refractivity contribution in [2.45, 2.75) is 0 Å². The lowest BCUT2D eigenvalue weighted by atomic mass is 10.3. The van der Waals surface area contributed by atoms with Gasteiger partial charge in [0.05, 0.1) is 12.8 Å². The minimum atomic E-state index is -0.553. The van der Waals surface area contributed by atoms with Gasteiger partial charge >= 0.3 is 5.69 Å². The van der Waals surface area contributed by atoms with Crippen LogP contribution < -0.4 is 10.4 Å². The summed E-state index contributed by atoms with van der Waals surface area (Å²) < 4.78 is 19.5. The van der Waals surface area contributed by atoms with Crippen molar-refractivity contribution >= 4 is 12.2 Å². The molecule has 0 atom stereocenters. The van der Waals surface area contributed by atoms with Crippen LogP contribution in [0.2, 0.25) is 0 Å². The van der Waals surface area contributed by atoms with Crippen molar-refractivity contribution in [3.63, 3.8) is 0 Å². The standard InChI is InChI=1S/C9H8FN3O2S/c1-15-7-3-2-5(4-6(7)10)13-8(14)11-12-9(13)16/h2-4H,1H3,(H,11,14)(H,12,16). The molecule has 0 aliphatic heterocycles. The number of nitrogens with zero attached hydrogens (tertiary/aromatic N) is 1. The zero-order valence-electron chi connectivity index (χ0n) is 8.28. The van der Waals surface area contributed by atoms with Gasteiger partial charge in [-0.15, -0.1) is 0 Å². The van der Waals surface area contributed by atoms with E-state index >= 15 is 0 Å². The normalized spacial score (nSPS) is 10.4. The van der Waals surface area contributed by atoms with Crippen LogP contribution in [0.15, 0.2) is 23.0 Å². The number of aromatic amines is 2. The Morgan fingerprint density at radius 1 is 1.44 bits per heavy atom. The molecule has 2 aromatic rings. The van der Waals surface area contributed by atoms with Crippen molar-refractivity contribution < 1.29 is 9.13 Å².